The van der Waals surface area contributed by atoms with Crippen molar-refractivity contribution in [3.05, 3.63) is 17.7 Å². The molecular formula is C17H28O3. The first-order chi connectivity index (χ1) is 9.08. The molecule has 0 spiro atoms. The summed E-state index contributed by atoms with van der Waals surface area (Å²) in [5, 5.41) is 0. The van der Waals surface area contributed by atoms with Gasteiger partial charge in [0.1, 0.15) is 0 Å². The second-order valence-corrected chi connectivity index (χ2v) is 7.31. The summed E-state index contributed by atoms with van der Waals surface area (Å²) in [7, 11) is 3.32. The standard InChI is InChI=1S/C17H28O3/c1-16(2,3)11-20-15-13(18-7)9-12(17(4,5)6)10-14(15)19-8/h9-10H,11H2,1-8H3. The minimum atomic E-state index is 0.0309. The second-order valence-electron chi connectivity index (χ2n) is 7.31. The molecule has 3 heteroatoms. The predicted octanol–water partition coefficient (Wildman–Crippen LogP) is 4.43. The topological polar surface area (TPSA) is 27.7 Å². The third-order valence-corrected chi connectivity index (χ3v) is 2.98. The lowest BCUT2D eigenvalue weighted by Crippen LogP contribution is -2.18. The van der Waals surface area contributed by atoms with E-state index in [9.17, 15) is 0 Å². The van der Waals surface area contributed by atoms with Gasteiger partial charge in [0, 0.05) is 0 Å². The average molecular weight is 280 g/mol. The third-order valence-electron chi connectivity index (χ3n) is 2.98. The quantitative estimate of drug-likeness (QED) is 0.816. The largest absolute Gasteiger partial charge is 0.493 e. The summed E-state index contributed by atoms with van der Waals surface area (Å²) in [5.74, 6) is 2.12. The summed E-state index contributed by atoms with van der Waals surface area (Å²) in [6.45, 7) is 13.5. The molecule has 0 unspecified atom stereocenters. The molecule has 0 aliphatic heterocycles. The molecule has 0 bridgehead atoms. The zero-order chi connectivity index (χ0) is 15.6. The van der Waals surface area contributed by atoms with E-state index in [2.05, 4.69) is 41.5 Å². The van der Waals surface area contributed by atoms with Gasteiger partial charge < -0.3 is 14.2 Å². The number of rotatable bonds is 4. The van der Waals surface area contributed by atoms with Gasteiger partial charge in [-0.3, -0.25) is 0 Å². The fraction of sp³-hybridized carbons (Fsp3) is 0.647. The summed E-state index contributed by atoms with van der Waals surface area (Å²) in [5.41, 5.74) is 1.27. The molecule has 0 heterocycles. The number of hydrogen-bond donors (Lipinski definition) is 0. The molecule has 0 aromatic heterocycles. The van der Waals surface area contributed by atoms with Gasteiger partial charge in [0.15, 0.2) is 11.5 Å². The van der Waals surface area contributed by atoms with Gasteiger partial charge in [-0.2, -0.15) is 0 Å². The Morgan fingerprint density at radius 2 is 1.30 bits per heavy atom. The minimum absolute atomic E-state index is 0.0309. The van der Waals surface area contributed by atoms with Gasteiger partial charge in [0.2, 0.25) is 5.75 Å². The van der Waals surface area contributed by atoms with Crippen molar-refractivity contribution in [3.8, 4) is 17.2 Å². The molecule has 114 valence electrons. The van der Waals surface area contributed by atoms with Crippen molar-refractivity contribution in [3.63, 3.8) is 0 Å². The molecule has 0 N–H and O–H groups in total. The lowest BCUT2D eigenvalue weighted by atomic mass is 9.86. The van der Waals surface area contributed by atoms with Crippen LogP contribution in [0.1, 0.15) is 47.1 Å². The molecule has 20 heavy (non-hydrogen) atoms. The molecule has 0 aliphatic carbocycles. The maximum atomic E-state index is 5.93. The zero-order valence-electron chi connectivity index (χ0n) is 14.1. The van der Waals surface area contributed by atoms with E-state index in [1.54, 1.807) is 14.2 Å². The normalized spacial score (nSPS) is 12.2. The Kier molecular flexibility index (Phi) is 4.95. The van der Waals surface area contributed by atoms with Gasteiger partial charge in [-0.1, -0.05) is 41.5 Å². The highest BCUT2D eigenvalue weighted by molar-refractivity contribution is 5.55. The highest BCUT2D eigenvalue weighted by Crippen LogP contribution is 2.42. The zero-order valence-corrected chi connectivity index (χ0v) is 14.1. The van der Waals surface area contributed by atoms with E-state index in [4.69, 9.17) is 14.2 Å². The Morgan fingerprint density at radius 1 is 0.850 bits per heavy atom. The smallest absolute Gasteiger partial charge is 0.203 e. The van der Waals surface area contributed by atoms with Crippen LogP contribution in [0, 0.1) is 5.41 Å². The number of hydrogen-bond acceptors (Lipinski definition) is 3. The van der Waals surface area contributed by atoms with Crippen LogP contribution in [-0.2, 0) is 5.41 Å². The fourth-order valence-electron chi connectivity index (χ4n) is 1.74. The minimum Gasteiger partial charge on any atom is -0.493 e. The van der Waals surface area contributed by atoms with Crippen molar-refractivity contribution in [2.45, 2.75) is 47.0 Å². The SMILES string of the molecule is COc1cc(C(C)(C)C)cc(OC)c1OCC(C)(C)C. The van der Waals surface area contributed by atoms with Crippen LogP contribution in [0.15, 0.2) is 12.1 Å². The summed E-state index contributed by atoms with van der Waals surface area (Å²) in [4.78, 5) is 0. The van der Waals surface area contributed by atoms with Gasteiger partial charge >= 0.3 is 0 Å². The summed E-state index contributed by atoms with van der Waals surface area (Å²) in [6, 6.07) is 4.06. The maximum Gasteiger partial charge on any atom is 0.203 e. The van der Waals surface area contributed by atoms with Crippen LogP contribution in [0.5, 0.6) is 17.2 Å². The first-order valence-electron chi connectivity index (χ1n) is 6.98. The van der Waals surface area contributed by atoms with Crippen LogP contribution >= 0.6 is 0 Å². The van der Waals surface area contributed by atoms with E-state index in [-0.39, 0.29) is 10.8 Å². The van der Waals surface area contributed by atoms with Crippen molar-refractivity contribution in [2.75, 3.05) is 20.8 Å². The van der Waals surface area contributed by atoms with Crippen LogP contribution in [-0.4, -0.2) is 20.8 Å². The van der Waals surface area contributed by atoms with Crippen molar-refractivity contribution < 1.29 is 14.2 Å². The first-order valence-corrected chi connectivity index (χ1v) is 6.98. The van der Waals surface area contributed by atoms with Crippen molar-refractivity contribution in [1.82, 2.24) is 0 Å². The Labute approximate surface area is 123 Å². The molecule has 1 rings (SSSR count). The molecule has 0 saturated carbocycles. The highest BCUT2D eigenvalue weighted by atomic mass is 16.5. The Hall–Kier alpha value is -1.38. The monoisotopic (exact) mass is 280 g/mol. The molecule has 0 amide bonds. The van der Waals surface area contributed by atoms with Crippen LogP contribution in [0.4, 0.5) is 0 Å². The van der Waals surface area contributed by atoms with Gasteiger partial charge in [-0.05, 0) is 28.5 Å². The van der Waals surface area contributed by atoms with E-state index >= 15 is 0 Å². The maximum absolute atomic E-state index is 5.93. The molecule has 0 aliphatic rings. The molecule has 0 atom stereocenters. The first kappa shape index (κ1) is 16.7. The van der Waals surface area contributed by atoms with E-state index in [1.165, 1.54) is 0 Å². The molecule has 1 aromatic rings. The Balaban J connectivity index is 3.22. The van der Waals surface area contributed by atoms with E-state index < -0.39 is 0 Å². The van der Waals surface area contributed by atoms with Crippen LogP contribution < -0.4 is 14.2 Å². The van der Waals surface area contributed by atoms with Crippen LogP contribution in [0.3, 0.4) is 0 Å². The van der Waals surface area contributed by atoms with Crippen molar-refractivity contribution >= 4 is 0 Å². The van der Waals surface area contributed by atoms with E-state index in [0.717, 1.165) is 17.1 Å². The van der Waals surface area contributed by atoms with Gasteiger partial charge in [0.25, 0.3) is 0 Å². The number of benzene rings is 1. The van der Waals surface area contributed by atoms with E-state index in [0.29, 0.717) is 12.4 Å². The fourth-order valence-corrected chi connectivity index (χ4v) is 1.74. The summed E-state index contributed by atoms with van der Waals surface area (Å²) >= 11 is 0. The second kappa shape index (κ2) is 5.94. The summed E-state index contributed by atoms with van der Waals surface area (Å²) < 4.78 is 16.9. The molecule has 0 radical (unpaired) electrons. The Bertz CT molecular complexity index is 425. The Morgan fingerprint density at radius 3 is 1.60 bits per heavy atom. The molecular weight excluding hydrogens is 252 g/mol. The summed E-state index contributed by atoms with van der Waals surface area (Å²) in [6.07, 6.45) is 0. The number of methoxy groups -OCH3 is 2. The average Bonchev–Trinajstić information content (AvgIpc) is 2.32. The van der Waals surface area contributed by atoms with Crippen molar-refractivity contribution in [1.29, 1.82) is 0 Å². The molecule has 3 nitrogen and oxygen atoms in total. The molecule has 0 fully saturated rings. The van der Waals surface area contributed by atoms with Crippen molar-refractivity contribution in [2.24, 2.45) is 5.41 Å². The predicted molar refractivity (Wildman–Crippen MR) is 83.2 cm³/mol. The van der Waals surface area contributed by atoms with Gasteiger partial charge in [-0.25, -0.2) is 0 Å². The molecule has 0 saturated heterocycles. The van der Waals surface area contributed by atoms with E-state index in [1.807, 2.05) is 12.1 Å². The van der Waals surface area contributed by atoms with Gasteiger partial charge in [0.05, 0.1) is 20.8 Å². The van der Waals surface area contributed by atoms with Crippen LogP contribution in [0.25, 0.3) is 0 Å². The molecule has 1 aromatic carbocycles. The van der Waals surface area contributed by atoms with Crippen LogP contribution in [0.2, 0.25) is 0 Å². The lowest BCUT2D eigenvalue weighted by molar-refractivity contribution is 0.184. The number of ether oxygens (including phenoxy) is 3. The lowest BCUT2D eigenvalue weighted by Gasteiger charge is -2.25. The van der Waals surface area contributed by atoms with Gasteiger partial charge in [-0.15, -0.1) is 0 Å². The highest BCUT2D eigenvalue weighted by Gasteiger charge is 2.22. The third kappa shape index (κ3) is 4.32.